The maximum absolute atomic E-state index is 12.9. The van der Waals surface area contributed by atoms with E-state index in [0.29, 0.717) is 33.0 Å². The number of benzene rings is 2. The van der Waals surface area contributed by atoms with Gasteiger partial charge in [-0.25, -0.2) is 0 Å². The average molecular weight is 355 g/mol. The Balaban J connectivity index is 2.06. The molecule has 0 atom stereocenters. The van der Waals surface area contributed by atoms with Gasteiger partial charge in [0.2, 0.25) is 0 Å². The second-order valence-corrected chi connectivity index (χ2v) is 6.46. The molecular weight excluding hydrogens is 340 g/mol. The highest BCUT2D eigenvalue weighted by Gasteiger charge is 2.40. The molecule has 2 aromatic carbocycles. The summed E-state index contributed by atoms with van der Waals surface area (Å²) >= 11 is 6.14. The van der Waals surface area contributed by atoms with Crippen LogP contribution in [-0.4, -0.2) is 33.0 Å². The molecule has 0 saturated carbocycles. The number of methoxy groups -OCH3 is 1. The maximum Gasteiger partial charge on any atom is 0.259 e. The van der Waals surface area contributed by atoms with Gasteiger partial charge in [0.05, 0.1) is 29.6 Å². The van der Waals surface area contributed by atoms with Crippen LogP contribution in [-0.2, 0) is 9.59 Å². The van der Waals surface area contributed by atoms with Crippen molar-refractivity contribution >= 4 is 45.9 Å². The molecule has 0 spiro atoms. The summed E-state index contributed by atoms with van der Waals surface area (Å²) < 4.78 is 5.29. The third-order valence-electron chi connectivity index (χ3n) is 4.71. The number of amides is 2. The fraction of sp³-hybridized carbons (Fsp3) is 0.158. The standard InChI is InChI=1S/C19H15ClN2O3/c1-21-14-6-4-10(20)8-12(14)16(18(21)23)17-13-9-11(25-3)5-7-15(13)22(2)19(17)24/h4-9H,1-3H3/b17-16+. The number of fused-ring (bicyclic) bond motifs is 2. The summed E-state index contributed by atoms with van der Waals surface area (Å²) in [6.07, 6.45) is 0. The Hall–Kier alpha value is -2.79. The van der Waals surface area contributed by atoms with Crippen molar-refractivity contribution in [3.8, 4) is 5.75 Å². The minimum Gasteiger partial charge on any atom is -0.497 e. The van der Waals surface area contributed by atoms with E-state index in [-0.39, 0.29) is 11.8 Å². The predicted octanol–water partition coefficient (Wildman–Crippen LogP) is 3.21. The molecule has 2 aliphatic rings. The van der Waals surface area contributed by atoms with Crippen molar-refractivity contribution in [2.45, 2.75) is 0 Å². The van der Waals surface area contributed by atoms with Gasteiger partial charge in [-0.1, -0.05) is 11.6 Å². The molecule has 0 N–H and O–H groups in total. The lowest BCUT2D eigenvalue weighted by Gasteiger charge is -2.09. The molecule has 6 heteroatoms. The van der Waals surface area contributed by atoms with Gasteiger partial charge in [-0.05, 0) is 36.4 Å². The minimum absolute atomic E-state index is 0.215. The zero-order valence-electron chi connectivity index (χ0n) is 14.0. The van der Waals surface area contributed by atoms with Crippen LogP contribution in [0.15, 0.2) is 36.4 Å². The van der Waals surface area contributed by atoms with Gasteiger partial charge >= 0.3 is 0 Å². The van der Waals surface area contributed by atoms with E-state index in [1.54, 1.807) is 61.3 Å². The van der Waals surface area contributed by atoms with Gasteiger partial charge in [-0.2, -0.15) is 0 Å². The molecular formula is C19H15ClN2O3. The quantitative estimate of drug-likeness (QED) is 0.739. The van der Waals surface area contributed by atoms with Crippen LogP contribution in [0, 0.1) is 0 Å². The van der Waals surface area contributed by atoms with E-state index in [1.807, 2.05) is 6.07 Å². The second-order valence-electron chi connectivity index (χ2n) is 6.02. The molecule has 25 heavy (non-hydrogen) atoms. The summed E-state index contributed by atoms with van der Waals surface area (Å²) in [7, 11) is 4.96. The molecule has 126 valence electrons. The van der Waals surface area contributed by atoms with E-state index in [1.165, 1.54) is 0 Å². The summed E-state index contributed by atoms with van der Waals surface area (Å²) in [5.41, 5.74) is 3.62. The van der Waals surface area contributed by atoms with Crippen molar-refractivity contribution in [1.29, 1.82) is 0 Å². The molecule has 4 rings (SSSR count). The first-order valence-corrected chi connectivity index (χ1v) is 8.10. The fourth-order valence-corrected chi connectivity index (χ4v) is 3.58. The summed E-state index contributed by atoms with van der Waals surface area (Å²) in [5, 5.41) is 0.518. The molecule has 0 fully saturated rings. The van der Waals surface area contributed by atoms with Crippen molar-refractivity contribution in [2.75, 3.05) is 31.0 Å². The maximum atomic E-state index is 12.9. The Kier molecular flexibility index (Phi) is 3.37. The first kappa shape index (κ1) is 15.7. The molecule has 0 bridgehead atoms. The number of nitrogens with zero attached hydrogens (tertiary/aromatic N) is 2. The molecule has 2 aliphatic heterocycles. The Labute approximate surface area is 150 Å². The lowest BCUT2D eigenvalue weighted by atomic mass is 9.96. The second kappa shape index (κ2) is 5.36. The molecule has 0 saturated heterocycles. The smallest absolute Gasteiger partial charge is 0.259 e. The number of ether oxygens (including phenoxy) is 1. The van der Waals surface area contributed by atoms with E-state index in [0.717, 1.165) is 11.4 Å². The first-order chi connectivity index (χ1) is 11.9. The highest BCUT2D eigenvalue weighted by Crippen LogP contribution is 2.47. The number of anilines is 2. The van der Waals surface area contributed by atoms with Gasteiger partial charge in [0.15, 0.2) is 0 Å². The van der Waals surface area contributed by atoms with Gasteiger partial charge in [0, 0.05) is 30.2 Å². The summed E-state index contributed by atoms with van der Waals surface area (Å²) in [5.74, 6) is 0.197. The van der Waals surface area contributed by atoms with Crippen LogP contribution in [0.5, 0.6) is 5.75 Å². The normalized spacial score (nSPS) is 18.7. The topological polar surface area (TPSA) is 49.9 Å². The largest absolute Gasteiger partial charge is 0.497 e. The Morgan fingerprint density at radius 2 is 1.36 bits per heavy atom. The van der Waals surface area contributed by atoms with Crippen LogP contribution >= 0.6 is 11.6 Å². The number of halogens is 1. The van der Waals surface area contributed by atoms with Crippen molar-refractivity contribution in [2.24, 2.45) is 0 Å². The van der Waals surface area contributed by atoms with Crippen LogP contribution in [0.25, 0.3) is 11.1 Å². The fourth-order valence-electron chi connectivity index (χ4n) is 3.40. The highest BCUT2D eigenvalue weighted by atomic mass is 35.5. The van der Waals surface area contributed by atoms with Crippen LogP contribution in [0.2, 0.25) is 5.02 Å². The molecule has 2 heterocycles. The van der Waals surface area contributed by atoms with Gasteiger partial charge in [0.1, 0.15) is 5.75 Å². The third kappa shape index (κ3) is 2.09. The number of hydrogen-bond donors (Lipinski definition) is 0. The molecule has 0 aromatic heterocycles. The van der Waals surface area contributed by atoms with E-state index >= 15 is 0 Å². The molecule has 0 unspecified atom stereocenters. The number of hydrogen-bond acceptors (Lipinski definition) is 3. The lowest BCUT2D eigenvalue weighted by Crippen LogP contribution is -2.24. The summed E-state index contributed by atoms with van der Waals surface area (Å²) in [6, 6.07) is 10.7. The SMILES string of the molecule is COc1ccc2c(c1)/C(=C1\C(=O)N(C)c3ccc(Cl)cc31)C(=O)N2C. The number of carbonyl (C=O) groups excluding carboxylic acids is 2. The minimum atomic E-state index is -0.218. The Morgan fingerprint density at radius 1 is 0.840 bits per heavy atom. The number of rotatable bonds is 1. The van der Waals surface area contributed by atoms with Gasteiger partial charge in [-0.15, -0.1) is 0 Å². The summed E-state index contributed by atoms with van der Waals surface area (Å²) in [4.78, 5) is 28.9. The first-order valence-electron chi connectivity index (χ1n) is 7.72. The van der Waals surface area contributed by atoms with E-state index in [2.05, 4.69) is 0 Å². The van der Waals surface area contributed by atoms with Crippen molar-refractivity contribution in [1.82, 2.24) is 0 Å². The van der Waals surface area contributed by atoms with Crippen molar-refractivity contribution in [3.63, 3.8) is 0 Å². The Morgan fingerprint density at radius 3 is 1.92 bits per heavy atom. The van der Waals surface area contributed by atoms with Crippen LogP contribution < -0.4 is 14.5 Å². The van der Waals surface area contributed by atoms with Gasteiger partial charge in [0.25, 0.3) is 11.8 Å². The summed E-state index contributed by atoms with van der Waals surface area (Å²) in [6.45, 7) is 0. The Bertz CT molecular complexity index is 981. The zero-order chi connectivity index (χ0) is 17.9. The average Bonchev–Trinajstić information content (AvgIpc) is 2.99. The molecule has 2 amide bonds. The van der Waals surface area contributed by atoms with Gasteiger partial charge in [-0.3, -0.25) is 9.59 Å². The van der Waals surface area contributed by atoms with Crippen molar-refractivity contribution in [3.05, 3.63) is 52.5 Å². The predicted molar refractivity (Wildman–Crippen MR) is 98.1 cm³/mol. The van der Waals surface area contributed by atoms with E-state index < -0.39 is 0 Å². The highest BCUT2D eigenvalue weighted by molar-refractivity contribution is 6.50. The molecule has 0 radical (unpaired) electrons. The monoisotopic (exact) mass is 354 g/mol. The van der Waals surface area contributed by atoms with Crippen LogP contribution in [0.1, 0.15) is 11.1 Å². The lowest BCUT2D eigenvalue weighted by molar-refractivity contribution is -0.114. The number of likely N-dealkylation sites (N-methyl/N-ethyl adjacent to an activating group) is 2. The molecule has 5 nitrogen and oxygen atoms in total. The third-order valence-corrected chi connectivity index (χ3v) is 4.95. The van der Waals surface area contributed by atoms with E-state index in [4.69, 9.17) is 16.3 Å². The molecule has 2 aromatic rings. The van der Waals surface area contributed by atoms with Gasteiger partial charge < -0.3 is 14.5 Å². The van der Waals surface area contributed by atoms with Crippen LogP contribution in [0.4, 0.5) is 11.4 Å². The van der Waals surface area contributed by atoms with E-state index in [9.17, 15) is 9.59 Å². The molecule has 0 aliphatic carbocycles. The zero-order valence-corrected chi connectivity index (χ0v) is 14.7. The van der Waals surface area contributed by atoms with Crippen LogP contribution in [0.3, 0.4) is 0 Å². The van der Waals surface area contributed by atoms with Crippen molar-refractivity contribution < 1.29 is 14.3 Å². The number of carbonyl (C=O) groups is 2.